The zero-order valence-electron chi connectivity index (χ0n) is 18.4. The zero-order chi connectivity index (χ0) is 24.1. The van der Waals surface area contributed by atoms with E-state index in [0.717, 1.165) is 52.9 Å². The van der Waals surface area contributed by atoms with Gasteiger partial charge in [-0.3, -0.25) is 9.69 Å². The summed E-state index contributed by atoms with van der Waals surface area (Å²) in [5, 5.41) is 9.95. The highest BCUT2D eigenvalue weighted by atomic mass is 32.1. The number of benzene rings is 1. The highest BCUT2D eigenvalue weighted by Gasteiger charge is 2.32. The highest BCUT2D eigenvalue weighted by molar-refractivity contribution is 7.15. The van der Waals surface area contributed by atoms with Gasteiger partial charge in [-0.05, 0) is 36.2 Å². The number of aryl methyl sites for hydroxylation is 1. The number of alkyl halides is 3. The van der Waals surface area contributed by atoms with Crippen LogP contribution in [-0.2, 0) is 17.5 Å². The lowest BCUT2D eigenvalue weighted by Gasteiger charge is -2.26. The van der Waals surface area contributed by atoms with Crippen molar-refractivity contribution in [3.05, 3.63) is 52.9 Å². The first-order chi connectivity index (χ1) is 16.3. The summed E-state index contributed by atoms with van der Waals surface area (Å²) < 4.78 is 38.8. The molecule has 4 rings (SSSR count). The van der Waals surface area contributed by atoms with E-state index in [2.05, 4.69) is 35.8 Å². The molecule has 1 fully saturated rings. The fourth-order valence-corrected chi connectivity index (χ4v) is 4.42. The van der Waals surface area contributed by atoms with Gasteiger partial charge >= 0.3 is 6.18 Å². The maximum absolute atomic E-state index is 12.9. The lowest BCUT2D eigenvalue weighted by molar-refractivity contribution is -0.141. The minimum Gasteiger partial charge on any atom is -0.354 e. The molecule has 1 saturated heterocycles. The van der Waals surface area contributed by atoms with Crippen molar-refractivity contribution in [3.63, 3.8) is 0 Å². The molecule has 0 bridgehead atoms. The predicted octanol–water partition coefficient (Wildman–Crippen LogP) is 3.19. The Balaban J connectivity index is 1.37. The summed E-state index contributed by atoms with van der Waals surface area (Å²) in [7, 11) is 0. The van der Waals surface area contributed by atoms with E-state index in [-0.39, 0.29) is 11.9 Å². The van der Waals surface area contributed by atoms with Gasteiger partial charge in [-0.25, -0.2) is 15.0 Å². The van der Waals surface area contributed by atoms with Crippen molar-refractivity contribution in [1.29, 1.82) is 0 Å². The number of carbonyl (C=O) groups excluding carboxylic acids is 1. The topological polar surface area (TPSA) is 95.1 Å². The molecular weight excluding hydrogens is 467 g/mol. The molecule has 1 amide bonds. The third-order valence-electron chi connectivity index (χ3n) is 5.12. The van der Waals surface area contributed by atoms with Crippen molar-refractivity contribution in [2.24, 2.45) is 0 Å². The molecule has 0 spiro atoms. The number of piperazine rings is 1. The average Bonchev–Trinajstić information content (AvgIpc) is 3.25. The Morgan fingerprint density at radius 1 is 1.24 bits per heavy atom. The second-order valence-corrected chi connectivity index (χ2v) is 9.01. The van der Waals surface area contributed by atoms with Crippen LogP contribution in [0.4, 0.5) is 24.8 Å². The molecule has 34 heavy (non-hydrogen) atoms. The molecule has 0 unspecified atom stereocenters. The number of hydrogen-bond acceptors (Lipinski definition) is 8. The van der Waals surface area contributed by atoms with Crippen LogP contribution in [0, 0.1) is 6.92 Å². The van der Waals surface area contributed by atoms with Crippen LogP contribution >= 0.6 is 11.3 Å². The Labute approximate surface area is 198 Å². The van der Waals surface area contributed by atoms with E-state index in [1.54, 1.807) is 17.5 Å². The Bertz CT molecular complexity index is 1150. The van der Waals surface area contributed by atoms with Crippen LogP contribution in [0.25, 0.3) is 10.4 Å². The first-order valence-electron chi connectivity index (χ1n) is 10.7. The van der Waals surface area contributed by atoms with E-state index in [9.17, 15) is 18.0 Å². The van der Waals surface area contributed by atoms with Crippen molar-refractivity contribution in [3.8, 4) is 10.4 Å². The van der Waals surface area contributed by atoms with Gasteiger partial charge < -0.3 is 16.0 Å². The first-order valence-corrected chi connectivity index (χ1v) is 11.5. The van der Waals surface area contributed by atoms with Crippen molar-refractivity contribution in [2.45, 2.75) is 19.6 Å². The van der Waals surface area contributed by atoms with E-state index in [4.69, 9.17) is 0 Å². The predicted molar refractivity (Wildman–Crippen MR) is 124 cm³/mol. The number of anilines is 2. The summed E-state index contributed by atoms with van der Waals surface area (Å²) >= 11 is 1.54. The fraction of sp³-hybridized carbons (Fsp3) is 0.364. The number of rotatable bonds is 8. The lowest BCUT2D eigenvalue weighted by atomic mass is 10.1. The lowest BCUT2D eigenvalue weighted by Crippen LogP contribution is -2.49. The molecule has 8 nitrogen and oxygen atoms in total. The number of carbonyl (C=O) groups is 1. The monoisotopic (exact) mass is 491 g/mol. The van der Waals surface area contributed by atoms with Crippen LogP contribution in [-0.4, -0.2) is 58.5 Å². The zero-order valence-corrected chi connectivity index (χ0v) is 19.3. The number of hydrogen-bond donors (Lipinski definition) is 3. The van der Waals surface area contributed by atoms with Gasteiger partial charge in [0.05, 0.1) is 11.4 Å². The smallest absolute Gasteiger partial charge is 0.354 e. The fourth-order valence-electron chi connectivity index (χ4n) is 3.54. The van der Waals surface area contributed by atoms with Gasteiger partial charge in [0, 0.05) is 50.8 Å². The molecule has 2 aromatic heterocycles. The van der Waals surface area contributed by atoms with E-state index < -0.39 is 11.9 Å². The quantitative estimate of drug-likeness (QED) is 0.417. The molecule has 3 heterocycles. The molecule has 180 valence electrons. The van der Waals surface area contributed by atoms with Crippen LogP contribution in [0.15, 0.2) is 36.7 Å². The Morgan fingerprint density at radius 3 is 2.88 bits per heavy atom. The maximum Gasteiger partial charge on any atom is 0.433 e. The van der Waals surface area contributed by atoms with Crippen LogP contribution in [0.1, 0.15) is 16.3 Å². The third-order valence-corrected chi connectivity index (χ3v) is 6.16. The molecule has 0 radical (unpaired) electrons. The SMILES string of the molecule is Cc1cc(Nc2nccc(C(F)(F)F)n2)cc(-c2cnc(CNCCN3CCNC(=O)C3)s2)c1. The van der Waals surface area contributed by atoms with Gasteiger partial charge in [-0.1, -0.05) is 6.07 Å². The average molecular weight is 492 g/mol. The summed E-state index contributed by atoms with van der Waals surface area (Å²) in [5.74, 6) is -0.0609. The summed E-state index contributed by atoms with van der Waals surface area (Å²) in [5.41, 5.74) is 1.43. The number of halogens is 3. The standard InChI is InChI=1S/C22H24F3N7OS/c1-14-8-15(10-16(9-14)30-21-28-3-2-18(31-21)22(23,24)25)17-11-29-20(34-17)12-26-4-6-32-7-5-27-19(33)13-32/h2-3,8-11,26H,4-7,12-13H2,1H3,(H,27,33)(H,28,30,31). The second-order valence-electron chi connectivity index (χ2n) is 7.90. The van der Waals surface area contributed by atoms with Gasteiger partial charge in [-0.15, -0.1) is 11.3 Å². The van der Waals surface area contributed by atoms with Crippen molar-refractivity contribution >= 4 is 28.9 Å². The largest absolute Gasteiger partial charge is 0.433 e. The Hall–Kier alpha value is -3.09. The Morgan fingerprint density at radius 2 is 2.09 bits per heavy atom. The molecule has 1 aromatic carbocycles. The third kappa shape index (κ3) is 6.49. The Kier molecular flexibility index (Phi) is 7.39. The van der Waals surface area contributed by atoms with Gasteiger partial charge in [0.1, 0.15) is 10.7 Å². The second kappa shape index (κ2) is 10.5. The number of nitrogens with zero attached hydrogens (tertiary/aromatic N) is 4. The van der Waals surface area contributed by atoms with E-state index in [0.29, 0.717) is 25.3 Å². The molecule has 12 heteroatoms. The van der Waals surface area contributed by atoms with E-state index >= 15 is 0 Å². The number of thiazole rings is 1. The van der Waals surface area contributed by atoms with Gasteiger partial charge in [0.15, 0.2) is 0 Å². The summed E-state index contributed by atoms with van der Waals surface area (Å²) in [6, 6.07) is 6.48. The van der Waals surface area contributed by atoms with Gasteiger partial charge in [-0.2, -0.15) is 13.2 Å². The number of aromatic nitrogens is 3. The normalized spacial score (nSPS) is 14.8. The van der Waals surface area contributed by atoms with Gasteiger partial charge in [0.25, 0.3) is 0 Å². The van der Waals surface area contributed by atoms with Gasteiger partial charge in [0.2, 0.25) is 11.9 Å². The molecule has 1 aliphatic rings. The van der Waals surface area contributed by atoms with Crippen LogP contribution in [0.5, 0.6) is 0 Å². The molecule has 0 aliphatic carbocycles. The van der Waals surface area contributed by atoms with Crippen LogP contribution < -0.4 is 16.0 Å². The van der Waals surface area contributed by atoms with Crippen molar-refractivity contribution in [2.75, 3.05) is 38.0 Å². The minimum atomic E-state index is -4.54. The number of nitrogens with one attached hydrogen (secondary N) is 3. The highest BCUT2D eigenvalue weighted by Crippen LogP contribution is 2.31. The molecular formula is C22H24F3N7OS. The van der Waals surface area contributed by atoms with Crippen LogP contribution in [0.3, 0.4) is 0 Å². The molecule has 3 aromatic rings. The van der Waals surface area contributed by atoms with E-state index in [1.807, 2.05) is 25.1 Å². The molecule has 0 atom stereocenters. The molecule has 3 N–H and O–H groups in total. The molecule has 0 saturated carbocycles. The number of amides is 1. The minimum absolute atomic E-state index is 0.0578. The van der Waals surface area contributed by atoms with Crippen LogP contribution in [0.2, 0.25) is 0 Å². The summed E-state index contributed by atoms with van der Waals surface area (Å²) in [4.78, 5) is 26.4. The molecule has 1 aliphatic heterocycles. The van der Waals surface area contributed by atoms with E-state index in [1.165, 1.54) is 0 Å². The maximum atomic E-state index is 12.9. The van der Waals surface area contributed by atoms with Crippen molar-refractivity contribution < 1.29 is 18.0 Å². The van der Waals surface area contributed by atoms with Crippen molar-refractivity contribution in [1.82, 2.24) is 30.5 Å². The summed E-state index contributed by atoms with van der Waals surface area (Å²) in [6.07, 6.45) is -1.67. The first kappa shape index (κ1) is 24.0. The summed E-state index contributed by atoms with van der Waals surface area (Å²) in [6.45, 7) is 6.02.